The molecule has 5 heteroatoms. The fourth-order valence-electron chi connectivity index (χ4n) is 1.61. The smallest absolute Gasteiger partial charge is 0.215 e. The lowest BCUT2D eigenvalue weighted by Crippen LogP contribution is -2.15. The Hall–Kier alpha value is -1.26. The van der Waals surface area contributed by atoms with Crippen LogP contribution in [-0.2, 0) is 4.74 Å². The van der Waals surface area contributed by atoms with Gasteiger partial charge in [0.05, 0.1) is 13.7 Å². The summed E-state index contributed by atoms with van der Waals surface area (Å²) < 4.78 is 10.2. The Bertz CT molecular complexity index is 420. The summed E-state index contributed by atoms with van der Waals surface area (Å²) in [5.74, 6) is 0.304. The van der Waals surface area contributed by atoms with Gasteiger partial charge >= 0.3 is 0 Å². The van der Waals surface area contributed by atoms with Crippen LogP contribution in [0.25, 0.3) is 0 Å². The number of hydrogen-bond acceptors (Lipinski definition) is 4. The minimum atomic E-state index is -1.16. The summed E-state index contributed by atoms with van der Waals surface area (Å²) >= 11 is 5.93. The Morgan fingerprint density at radius 3 is 2.71 bits per heavy atom. The van der Waals surface area contributed by atoms with E-state index in [0.717, 1.165) is 5.56 Å². The number of aliphatic hydroxyl groups is 1. The highest BCUT2D eigenvalue weighted by Gasteiger charge is 2.21. The van der Waals surface area contributed by atoms with Gasteiger partial charge in [-0.2, -0.15) is 0 Å². The van der Waals surface area contributed by atoms with Gasteiger partial charge in [0.2, 0.25) is 5.90 Å². The SMILES string of the molecule is CCOC(=N)C(O)c1cc(Cl)cc(C)c1OC. The molecule has 94 valence electrons. The van der Waals surface area contributed by atoms with E-state index >= 15 is 0 Å². The average Bonchev–Trinajstić information content (AvgIpc) is 2.27. The average molecular weight is 258 g/mol. The molecule has 1 aromatic rings. The maximum absolute atomic E-state index is 9.99. The number of aryl methyl sites for hydroxylation is 1. The van der Waals surface area contributed by atoms with Crippen LogP contribution in [0.1, 0.15) is 24.2 Å². The third-order valence-corrected chi connectivity index (χ3v) is 2.53. The Morgan fingerprint density at radius 1 is 1.53 bits per heavy atom. The van der Waals surface area contributed by atoms with Crippen molar-refractivity contribution in [2.24, 2.45) is 0 Å². The van der Waals surface area contributed by atoms with Gasteiger partial charge in [-0.05, 0) is 31.5 Å². The van der Waals surface area contributed by atoms with E-state index in [0.29, 0.717) is 22.9 Å². The first-order valence-electron chi connectivity index (χ1n) is 5.24. The standard InChI is InChI=1S/C12H16ClNO3/c1-4-17-12(14)10(15)9-6-8(13)5-7(2)11(9)16-3/h5-6,10,14-15H,4H2,1-3H3. The summed E-state index contributed by atoms with van der Waals surface area (Å²) in [4.78, 5) is 0. The zero-order valence-corrected chi connectivity index (χ0v) is 10.8. The first kappa shape index (κ1) is 13.8. The molecule has 2 N–H and O–H groups in total. The summed E-state index contributed by atoms with van der Waals surface area (Å²) in [5.41, 5.74) is 1.24. The lowest BCUT2D eigenvalue weighted by Gasteiger charge is -2.17. The van der Waals surface area contributed by atoms with E-state index in [9.17, 15) is 5.11 Å². The van der Waals surface area contributed by atoms with Crippen LogP contribution in [0.15, 0.2) is 12.1 Å². The Morgan fingerprint density at radius 2 is 2.18 bits per heavy atom. The number of methoxy groups -OCH3 is 1. The minimum Gasteiger partial charge on any atom is -0.496 e. The van der Waals surface area contributed by atoms with E-state index in [2.05, 4.69) is 0 Å². The van der Waals surface area contributed by atoms with Crippen molar-refractivity contribution in [3.8, 4) is 5.75 Å². The topological polar surface area (TPSA) is 62.5 Å². The second-order valence-corrected chi connectivity index (χ2v) is 3.98. The van der Waals surface area contributed by atoms with E-state index < -0.39 is 6.10 Å². The molecule has 0 aliphatic rings. The monoisotopic (exact) mass is 257 g/mol. The molecule has 0 spiro atoms. The third kappa shape index (κ3) is 3.11. The molecule has 1 unspecified atom stereocenters. The summed E-state index contributed by atoms with van der Waals surface area (Å²) in [5, 5.41) is 18.1. The lowest BCUT2D eigenvalue weighted by molar-refractivity contribution is 0.187. The van der Waals surface area contributed by atoms with Crippen molar-refractivity contribution >= 4 is 17.5 Å². The van der Waals surface area contributed by atoms with Crippen LogP contribution in [-0.4, -0.2) is 24.7 Å². The third-order valence-electron chi connectivity index (χ3n) is 2.32. The summed E-state index contributed by atoms with van der Waals surface area (Å²) in [6.45, 7) is 3.91. The van der Waals surface area contributed by atoms with Crippen molar-refractivity contribution in [3.63, 3.8) is 0 Å². The van der Waals surface area contributed by atoms with Gasteiger partial charge in [0.25, 0.3) is 0 Å². The molecule has 1 rings (SSSR count). The Balaban J connectivity index is 3.15. The van der Waals surface area contributed by atoms with Gasteiger partial charge < -0.3 is 14.6 Å². The van der Waals surface area contributed by atoms with Crippen LogP contribution in [0.2, 0.25) is 5.02 Å². The molecule has 17 heavy (non-hydrogen) atoms. The predicted octanol–water partition coefficient (Wildman–Crippen LogP) is 2.70. The largest absolute Gasteiger partial charge is 0.496 e. The number of rotatable bonds is 4. The molecule has 1 atom stereocenters. The summed E-state index contributed by atoms with van der Waals surface area (Å²) in [6, 6.07) is 3.31. The molecule has 0 bridgehead atoms. The van der Waals surface area contributed by atoms with Gasteiger partial charge in [-0.1, -0.05) is 11.6 Å². The van der Waals surface area contributed by atoms with Crippen LogP contribution < -0.4 is 4.74 Å². The van der Waals surface area contributed by atoms with Crippen molar-refractivity contribution in [1.29, 1.82) is 5.41 Å². The van der Waals surface area contributed by atoms with Crippen LogP contribution in [0.5, 0.6) is 5.75 Å². The molecule has 4 nitrogen and oxygen atoms in total. The van der Waals surface area contributed by atoms with E-state index in [-0.39, 0.29) is 5.90 Å². The van der Waals surface area contributed by atoms with Gasteiger partial charge in [0, 0.05) is 10.6 Å². The summed E-state index contributed by atoms with van der Waals surface area (Å²) in [7, 11) is 1.51. The number of halogens is 1. The second-order valence-electron chi connectivity index (χ2n) is 3.54. The minimum absolute atomic E-state index is 0.215. The number of hydrogen-bond donors (Lipinski definition) is 2. The van der Waals surface area contributed by atoms with Crippen LogP contribution in [0.3, 0.4) is 0 Å². The zero-order valence-electron chi connectivity index (χ0n) is 10.1. The summed E-state index contributed by atoms with van der Waals surface area (Å²) in [6.07, 6.45) is -1.16. The predicted molar refractivity (Wildman–Crippen MR) is 67.1 cm³/mol. The molecule has 0 saturated heterocycles. The van der Waals surface area contributed by atoms with Gasteiger partial charge in [-0.25, -0.2) is 0 Å². The molecule has 0 amide bonds. The molecule has 0 fully saturated rings. The van der Waals surface area contributed by atoms with Gasteiger partial charge in [-0.3, -0.25) is 5.41 Å². The molecule has 0 aliphatic heterocycles. The fraction of sp³-hybridized carbons (Fsp3) is 0.417. The molecule has 1 aromatic carbocycles. The molecule has 0 aromatic heterocycles. The second kappa shape index (κ2) is 5.89. The number of benzene rings is 1. The van der Waals surface area contributed by atoms with Crippen molar-refractivity contribution in [2.45, 2.75) is 20.0 Å². The fourth-order valence-corrected chi connectivity index (χ4v) is 1.89. The highest BCUT2D eigenvalue weighted by molar-refractivity contribution is 6.30. The van der Waals surface area contributed by atoms with E-state index in [4.69, 9.17) is 26.5 Å². The quantitative estimate of drug-likeness (QED) is 0.644. The van der Waals surface area contributed by atoms with E-state index in [1.807, 2.05) is 6.92 Å². The van der Waals surface area contributed by atoms with E-state index in [1.165, 1.54) is 7.11 Å². The lowest BCUT2D eigenvalue weighted by atomic mass is 10.0. The van der Waals surface area contributed by atoms with Crippen molar-refractivity contribution in [3.05, 3.63) is 28.3 Å². The van der Waals surface area contributed by atoms with Crippen LogP contribution in [0.4, 0.5) is 0 Å². The molecule has 0 aliphatic carbocycles. The van der Waals surface area contributed by atoms with Gasteiger partial charge in [-0.15, -0.1) is 0 Å². The van der Waals surface area contributed by atoms with Gasteiger partial charge in [0.15, 0.2) is 6.10 Å². The van der Waals surface area contributed by atoms with Crippen molar-refractivity contribution in [2.75, 3.05) is 13.7 Å². The van der Waals surface area contributed by atoms with Crippen LogP contribution in [0, 0.1) is 12.3 Å². The maximum atomic E-state index is 9.99. The highest BCUT2D eigenvalue weighted by atomic mass is 35.5. The van der Waals surface area contributed by atoms with Crippen molar-refractivity contribution in [1.82, 2.24) is 0 Å². The number of aliphatic hydroxyl groups excluding tert-OH is 1. The molecule has 0 heterocycles. The maximum Gasteiger partial charge on any atom is 0.215 e. The van der Waals surface area contributed by atoms with Crippen LogP contribution >= 0.6 is 11.6 Å². The highest BCUT2D eigenvalue weighted by Crippen LogP contribution is 2.32. The van der Waals surface area contributed by atoms with E-state index in [1.54, 1.807) is 19.1 Å². The van der Waals surface area contributed by atoms with Gasteiger partial charge in [0.1, 0.15) is 5.75 Å². The number of ether oxygens (including phenoxy) is 2. The molecule has 0 radical (unpaired) electrons. The Kier molecular flexibility index (Phi) is 4.78. The first-order chi connectivity index (χ1) is 8.01. The zero-order chi connectivity index (χ0) is 13.0. The Labute approximate surface area is 106 Å². The molecular formula is C12H16ClNO3. The molecule has 0 saturated carbocycles. The molecular weight excluding hydrogens is 242 g/mol. The van der Waals surface area contributed by atoms with Crippen molar-refractivity contribution < 1.29 is 14.6 Å². The number of nitrogens with one attached hydrogen (secondary N) is 1. The normalized spacial score (nSPS) is 12.1. The first-order valence-corrected chi connectivity index (χ1v) is 5.62.